The largest absolute Gasteiger partial charge is 0.342 e. The molecular weight excluding hydrogens is 402 g/mol. The van der Waals surface area contributed by atoms with Gasteiger partial charge in [0.15, 0.2) is 16.3 Å². The number of thioether (sulfide) groups is 1. The molecular formula is C20H27N7O2S. The zero-order chi connectivity index (χ0) is 21.3. The summed E-state index contributed by atoms with van der Waals surface area (Å²) in [5, 5.41) is 0.743. The van der Waals surface area contributed by atoms with Crippen molar-refractivity contribution in [1.82, 2.24) is 29.1 Å². The quantitative estimate of drug-likeness (QED) is 0.363. The number of nitrogens with zero attached hydrogens (tertiary/aromatic N) is 6. The van der Waals surface area contributed by atoms with Gasteiger partial charge in [-0.15, -0.1) is 0 Å². The standard InChI is InChI=1S/C20H27N7O2S/c1-13-10-14(2)12-26(11-13)19-23-16-15(17(28)24-20(29)25(16)3)27(19)8-5-9-30-18-21-6-4-7-22-18/h4,6-7,13-14H,5,8-12H2,1-3H3,(H,24,28,29)/t13-,14-/m0/s1. The first-order chi connectivity index (χ1) is 14.4. The Balaban J connectivity index is 1.66. The number of anilines is 1. The Bertz CT molecular complexity index is 1130. The second-order valence-corrected chi connectivity index (χ2v) is 9.20. The minimum atomic E-state index is -0.444. The molecule has 4 rings (SSSR count). The molecule has 0 unspecified atom stereocenters. The van der Waals surface area contributed by atoms with Crippen LogP contribution < -0.4 is 16.1 Å². The number of piperidine rings is 1. The van der Waals surface area contributed by atoms with Crippen molar-refractivity contribution in [2.75, 3.05) is 23.7 Å². The van der Waals surface area contributed by atoms with Crippen molar-refractivity contribution in [2.24, 2.45) is 18.9 Å². The monoisotopic (exact) mass is 429 g/mol. The van der Waals surface area contributed by atoms with E-state index >= 15 is 0 Å². The van der Waals surface area contributed by atoms with Gasteiger partial charge in [0.1, 0.15) is 0 Å². The highest BCUT2D eigenvalue weighted by atomic mass is 32.2. The van der Waals surface area contributed by atoms with E-state index in [1.807, 2.05) is 4.57 Å². The maximum atomic E-state index is 12.7. The number of rotatable bonds is 6. The van der Waals surface area contributed by atoms with E-state index in [1.54, 1.807) is 37.3 Å². The van der Waals surface area contributed by atoms with E-state index in [-0.39, 0.29) is 5.56 Å². The van der Waals surface area contributed by atoms with E-state index in [0.717, 1.165) is 36.4 Å². The zero-order valence-corrected chi connectivity index (χ0v) is 18.4. The SMILES string of the molecule is C[C@H]1C[C@H](C)CN(c2nc3c(c(=O)[nH]c(=O)n3C)n2CCCSc2ncccn2)C1. The molecule has 9 nitrogen and oxygen atoms in total. The van der Waals surface area contributed by atoms with E-state index in [0.29, 0.717) is 29.5 Å². The third-order valence-corrected chi connectivity index (χ3v) is 6.40. The minimum absolute atomic E-state index is 0.385. The molecule has 10 heteroatoms. The number of nitrogens with one attached hydrogen (secondary N) is 1. The zero-order valence-electron chi connectivity index (χ0n) is 17.5. The van der Waals surface area contributed by atoms with Crippen LogP contribution in [0, 0.1) is 11.8 Å². The molecule has 0 amide bonds. The van der Waals surface area contributed by atoms with Gasteiger partial charge in [0.25, 0.3) is 5.56 Å². The maximum Gasteiger partial charge on any atom is 0.329 e. The average Bonchev–Trinajstić information content (AvgIpc) is 3.10. The minimum Gasteiger partial charge on any atom is -0.342 e. The average molecular weight is 430 g/mol. The summed E-state index contributed by atoms with van der Waals surface area (Å²) >= 11 is 1.59. The summed E-state index contributed by atoms with van der Waals surface area (Å²) in [5.74, 6) is 2.69. The van der Waals surface area contributed by atoms with Gasteiger partial charge in [-0.2, -0.15) is 4.98 Å². The number of hydrogen-bond donors (Lipinski definition) is 1. The molecule has 3 aromatic heterocycles. The van der Waals surface area contributed by atoms with Crippen LogP contribution >= 0.6 is 11.8 Å². The molecule has 0 spiro atoms. The van der Waals surface area contributed by atoms with Gasteiger partial charge in [-0.3, -0.25) is 14.3 Å². The summed E-state index contributed by atoms with van der Waals surface area (Å²) < 4.78 is 3.39. The highest BCUT2D eigenvalue weighted by Crippen LogP contribution is 2.28. The number of aryl methyl sites for hydroxylation is 2. The van der Waals surface area contributed by atoms with E-state index in [4.69, 9.17) is 4.98 Å². The smallest absolute Gasteiger partial charge is 0.329 e. The Labute approximate surface area is 178 Å². The highest BCUT2D eigenvalue weighted by molar-refractivity contribution is 7.99. The van der Waals surface area contributed by atoms with Crippen LogP contribution in [0.25, 0.3) is 11.2 Å². The predicted octanol–water partition coefficient (Wildman–Crippen LogP) is 1.88. The first-order valence-corrected chi connectivity index (χ1v) is 11.3. The molecule has 4 heterocycles. The summed E-state index contributed by atoms with van der Waals surface area (Å²) in [4.78, 5) is 42.7. The molecule has 0 saturated carbocycles. The van der Waals surface area contributed by atoms with Crippen molar-refractivity contribution in [2.45, 2.75) is 38.4 Å². The third kappa shape index (κ3) is 4.14. The Hall–Kier alpha value is -2.62. The van der Waals surface area contributed by atoms with E-state index < -0.39 is 5.69 Å². The van der Waals surface area contributed by atoms with Crippen LogP contribution in [0.4, 0.5) is 5.95 Å². The Morgan fingerprint density at radius 2 is 1.87 bits per heavy atom. The Morgan fingerprint density at radius 3 is 2.57 bits per heavy atom. The van der Waals surface area contributed by atoms with Crippen molar-refractivity contribution < 1.29 is 0 Å². The van der Waals surface area contributed by atoms with Gasteiger partial charge in [0.05, 0.1) is 0 Å². The number of aromatic nitrogens is 6. The third-order valence-electron chi connectivity index (χ3n) is 5.44. The van der Waals surface area contributed by atoms with Gasteiger partial charge in [-0.25, -0.2) is 14.8 Å². The summed E-state index contributed by atoms with van der Waals surface area (Å²) in [6.45, 7) is 6.91. The van der Waals surface area contributed by atoms with Gasteiger partial charge in [0.2, 0.25) is 5.95 Å². The first-order valence-electron chi connectivity index (χ1n) is 10.3. The molecule has 1 N–H and O–H groups in total. The Kier molecular flexibility index (Phi) is 5.94. The predicted molar refractivity (Wildman–Crippen MR) is 118 cm³/mol. The van der Waals surface area contributed by atoms with Crippen LogP contribution in [0.1, 0.15) is 26.7 Å². The molecule has 1 fully saturated rings. The fourth-order valence-corrected chi connectivity index (χ4v) is 4.98. The number of hydrogen-bond acceptors (Lipinski definition) is 7. The van der Waals surface area contributed by atoms with Crippen LogP contribution in [0.3, 0.4) is 0 Å². The lowest BCUT2D eigenvalue weighted by Crippen LogP contribution is -2.40. The molecule has 0 bridgehead atoms. The lowest BCUT2D eigenvalue weighted by Gasteiger charge is -2.35. The van der Waals surface area contributed by atoms with Crippen LogP contribution in [0.15, 0.2) is 33.2 Å². The first kappa shape index (κ1) is 20.6. The molecule has 2 atom stereocenters. The maximum absolute atomic E-state index is 12.7. The molecule has 1 saturated heterocycles. The number of H-pyrrole nitrogens is 1. The van der Waals surface area contributed by atoms with E-state index in [2.05, 4.69) is 33.7 Å². The van der Waals surface area contributed by atoms with Crippen LogP contribution in [0.5, 0.6) is 0 Å². The molecule has 0 aliphatic carbocycles. The van der Waals surface area contributed by atoms with Gasteiger partial charge in [-0.05, 0) is 30.7 Å². The van der Waals surface area contributed by atoms with Gasteiger partial charge >= 0.3 is 5.69 Å². The van der Waals surface area contributed by atoms with Crippen molar-refractivity contribution in [3.05, 3.63) is 39.3 Å². The molecule has 1 aliphatic rings. The lowest BCUT2D eigenvalue weighted by molar-refractivity contribution is 0.351. The lowest BCUT2D eigenvalue weighted by atomic mass is 9.92. The van der Waals surface area contributed by atoms with Gasteiger partial charge in [-0.1, -0.05) is 25.6 Å². The van der Waals surface area contributed by atoms with E-state index in [9.17, 15) is 9.59 Å². The van der Waals surface area contributed by atoms with E-state index in [1.165, 1.54) is 11.0 Å². The summed E-state index contributed by atoms with van der Waals surface area (Å²) in [7, 11) is 1.64. The van der Waals surface area contributed by atoms with Gasteiger partial charge in [0, 0.05) is 44.8 Å². The topological polar surface area (TPSA) is 102 Å². The van der Waals surface area contributed by atoms with Crippen molar-refractivity contribution in [1.29, 1.82) is 0 Å². The molecule has 0 aromatic carbocycles. The molecule has 0 radical (unpaired) electrons. The second-order valence-electron chi connectivity index (χ2n) is 8.14. The number of fused-ring (bicyclic) bond motifs is 1. The summed E-state index contributed by atoms with van der Waals surface area (Å²) in [5.41, 5.74) is 0.0625. The number of imidazole rings is 1. The molecule has 3 aromatic rings. The van der Waals surface area contributed by atoms with Crippen LogP contribution in [-0.2, 0) is 13.6 Å². The normalized spacial score (nSPS) is 19.5. The molecule has 1 aliphatic heterocycles. The summed E-state index contributed by atoms with van der Waals surface area (Å²) in [6, 6.07) is 1.80. The fourth-order valence-electron chi connectivity index (χ4n) is 4.25. The van der Waals surface area contributed by atoms with Crippen molar-refractivity contribution in [3.8, 4) is 0 Å². The van der Waals surface area contributed by atoms with Crippen molar-refractivity contribution >= 4 is 28.9 Å². The number of aromatic amines is 1. The second kappa shape index (κ2) is 8.63. The van der Waals surface area contributed by atoms with Crippen LogP contribution in [-0.4, -0.2) is 47.9 Å². The Morgan fingerprint density at radius 1 is 1.17 bits per heavy atom. The molecule has 160 valence electrons. The van der Waals surface area contributed by atoms with Gasteiger partial charge < -0.3 is 9.47 Å². The van der Waals surface area contributed by atoms with Crippen LogP contribution in [0.2, 0.25) is 0 Å². The highest BCUT2D eigenvalue weighted by Gasteiger charge is 2.27. The molecule has 30 heavy (non-hydrogen) atoms. The summed E-state index contributed by atoms with van der Waals surface area (Å²) in [6.07, 6.45) is 5.47. The van der Waals surface area contributed by atoms with Crippen molar-refractivity contribution in [3.63, 3.8) is 0 Å². The fraction of sp³-hybridized carbons (Fsp3) is 0.550.